The minimum absolute atomic E-state index is 0.245. The molecule has 0 fully saturated rings. The van der Waals surface area contributed by atoms with Gasteiger partial charge in [-0.3, -0.25) is 4.79 Å². The van der Waals surface area contributed by atoms with Crippen molar-refractivity contribution in [2.24, 2.45) is 5.73 Å². The Morgan fingerprint density at radius 2 is 1.78 bits per heavy atom. The van der Waals surface area contributed by atoms with E-state index in [0.717, 1.165) is 5.56 Å². The quantitative estimate of drug-likeness (QED) is 0.772. The van der Waals surface area contributed by atoms with E-state index < -0.39 is 5.97 Å². The van der Waals surface area contributed by atoms with Gasteiger partial charge in [0, 0.05) is 13.5 Å². The van der Waals surface area contributed by atoms with E-state index in [1.807, 2.05) is 0 Å². The molecule has 1 rings (SSSR count). The lowest BCUT2D eigenvalue weighted by atomic mass is 10.2. The fraction of sp³-hybridized carbons (Fsp3) is 0.333. The third-order valence-electron chi connectivity index (χ3n) is 1.81. The molecule has 0 aliphatic carbocycles. The molecule has 3 N–H and O–H groups in total. The van der Waals surface area contributed by atoms with Crippen LogP contribution in [0.4, 0.5) is 0 Å². The second-order valence-corrected chi connectivity index (χ2v) is 3.23. The van der Waals surface area contributed by atoms with Gasteiger partial charge in [0.25, 0.3) is 0 Å². The molecule has 0 saturated carbocycles. The van der Waals surface area contributed by atoms with Gasteiger partial charge in [0.15, 0.2) is 6.61 Å². The van der Waals surface area contributed by atoms with Gasteiger partial charge < -0.3 is 20.3 Å². The molecule has 1 aromatic rings. The number of hydrogen-bond donors (Lipinski definition) is 2. The van der Waals surface area contributed by atoms with Crippen LogP contribution in [0.5, 0.6) is 5.75 Å². The van der Waals surface area contributed by atoms with Gasteiger partial charge in [0.05, 0.1) is 7.11 Å². The molecule has 0 spiro atoms. The van der Waals surface area contributed by atoms with Crippen molar-refractivity contribution in [3.05, 3.63) is 29.8 Å². The summed E-state index contributed by atoms with van der Waals surface area (Å²) in [6.07, 6.45) is 0. The Balaban J connectivity index is 0.000000494. The number of hydrogen-bond acceptors (Lipinski definition) is 5. The number of ether oxygens (including phenoxy) is 2. The van der Waals surface area contributed by atoms with E-state index >= 15 is 0 Å². The summed E-state index contributed by atoms with van der Waals surface area (Å²) in [6.45, 7) is 1.52. The molecule has 0 bridgehead atoms. The van der Waals surface area contributed by atoms with Crippen molar-refractivity contribution in [2.75, 3.05) is 13.7 Å². The van der Waals surface area contributed by atoms with E-state index in [0.29, 0.717) is 12.3 Å². The van der Waals surface area contributed by atoms with Gasteiger partial charge in [-0.2, -0.15) is 0 Å². The molecule has 0 saturated heterocycles. The van der Waals surface area contributed by atoms with Crippen LogP contribution in [0.2, 0.25) is 0 Å². The number of carbonyl (C=O) groups is 2. The molecule has 18 heavy (non-hydrogen) atoms. The zero-order chi connectivity index (χ0) is 14.0. The number of rotatable bonds is 4. The first-order valence-electron chi connectivity index (χ1n) is 5.17. The van der Waals surface area contributed by atoms with Crippen molar-refractivity contribution in [3.63, 3.8) is 0 Å². The Morgan fingerprint density at radius 3 is 2.11 bits per heavy atom. The molecule has 6 heteroatoms. The average molecular weight is 255 g/mol. The highest BCUT2D eigenvalue weighted by Crippen LogP contribution is 2.11. The van der Waals surface area contributed by atoms with Gasteiger partial charge in [-0.25, -0.2) is 4.79 Å². The molecule has 0 unspecified atom stereocenters. The number of carboxylic acid groups (broad SMARTS) is 1. The van der Waals surface area contributed by atoms with Crippen LogP contribution in [0.3, 0.4) is 0 Å². The first-order chi connectivity index (χ1) is 8.49. The van der Waals surface area contributed by atoms with Crippen molar-refractivity contribution in [1.82, 2.24) is 0 Å². The number of esters is 1. The van der Waals surface area contributed by atoms with Crippen LogP contribution in [-0.4, -0.2) is 30.8 Å². The number of benzene rings is 1. The lowest BCUT2D eigenvalue weighted by molar-refractivity contribution is -0.139. The summed E-state index contributed by atoms with van der Waals surface area (Å²) in [5.74, 6) is -0.687. The van der Waals surface area contributed by atoms with E-state index in [9.17, 15) is 9.59 Å². The minimum Gasteiger partial charge on any atom is -0.482 e. The maximum absolute atomic E-state index is 10.2. The smallest absolute Gasteiger partial charge is 0.341 e. The van der Waals surface area contributed by atoms with Crippen LogP contribution < -0.4 is 10.5 Å². The van der Waals surface area contributed by atoms with Crippen molar-refractivity contribution in [1.29, 1.82) is 0 Å². The zero-order valence-electron chi connectivity index (χ0n) is 10.4. The van der Waals surface area contributed by atoms with Crippen LogP contribution in [0.1, 0.15) is 12.5 Å². The summed E-state index contributed by atoms with van der Waals surface area (Å²) in [6, 6.07) is 7.00. The van der Waals surface area contributed by atoms with E-state index in [-0.39, 0.29) is 12.6 Å². The van der Waals surface area contributed by atoms with Crippen molar-refractivity contribution < 1.29 is 24.2 Å². The highest BCUT2D eigenvalue weighted by Gasteiger charge is 1.98. The Morgan fingerprint density at radius 1 is 1.28 bits per heavy atom. The highest BCUT2D eigenvalue weighted by molar-refractivity contribution is 5.68. The summed E-state index contributed by atoms with van der Waals surface area (Å²) >= 11 is 0. The molecule has 0 aromatic heterocycles. The second kappa shape index (κ2) is 9.00. The van der Waals surface area contributed by atoms with Crippen LogP contribution in [0, 0.1) is 0 Å². The molecule has 0 radical (unpaired) electrons. The van der Waals surface area contributed by atoms with E-state index in [1.165, 1.54) is 14.0 Å². The van der Waals surface area contributed by atoms with Gasteiger partial charge in [-0.15, -0.1) is 0 Å². The third kappa shape index (κ3) is 8.12. The fourth-order valence-corrected chi connectivity index (χ4v) is 0.867. The van der Waals surface area contributed by atoms with Crippen LogP contribution in [-0.2, 0) is 20.9 Å². The molecule has 6 nitrogen and oxygen atoms in total. The third-order valence-corrected chi connectivity index (χ3v) is 1.81. The lowest BCUT2D eigenvalue weighted by Gasteiger charge is -2.03. The number of methoxy groups -OCH3 is 1. The van der Waals surface area contributed by atoms with Gasteiger partial charge >= 0.3 is 11.9 Å². The zero-order valence-corrected chi connectivity index (χ0v) is 10.4. The van der Waals surface area contributed by atoms with E-state index in [2.05, 4.69) is 4.74 Å². The van der Waals surface area contributed by atoms with Crippen molar-refractivity contribution in [2.45, 2.75) is 13.5 Å². The Kier molecular flexibility index (Phi) is 7.96. The van der Waals surface area contributed by atoms with Crippen LogP contribution in [0.15, 0.2) is 24.3 Å². The number of aliphatic carboxylic acids is 1. The SMILES string of the molecule is COC(C)=O.NCc1ccc(OCC(=O)O)cc1. The Labute approximate surface area is 105 Å². The van der Waals surface area contributed by atoms with E-state index in [1.54, 1.807) is 24.3 Å². The highest BCUT2D eigenvalue weighted by atomic mass is 16.5. The molecule has 100 valence electrons. The van der Waals surface area contributed by atoms with Crippen LogP contribution >= 0.6 is 0 Å². The van der Waals surface area contributed by atoms with Gasteiger partial charge in [-0.1, -0.05) is 12.1 Å². The summed E-state index contributed by atoms with van der Waals surface area (Å²) in [5.41, 5.74) is 6.38. The first kappa shape index (κ1) is 15.9. The Bertz CT molecular complexity index is 375. The fourth-order valence-electron chi connectivity index (χ4n) is 0.867. The molecule has 0 heterocycles. The predicted octanol–water partition coefficient (Wildman–Crippen LogP) is 0.788. The van der Waals surface area contributed by atoms with Gasteiger partial charge in [0.2, 0.25) is 0 Å². The monoisotopic (exact) mass is 255 g/mol. The second-order valence-electron chi connectivity index (χ2n) is 3.23. The molecular formula is C12H17NO5. The van der Waals surface area contributed by atoms with Crippen molar-refractivity contribution in [3.8, 4) is 5.75 Å². The van der Waals surface area contributed by atoms with Crippen molar-refractivity contribution >= 4 is 11.9 Å². The molecular weight excluding hydrogens is 238 g/mol. The average Bonchev–Trinajstić information content (AvgIpc) is 2.37. The normalized spacial score (nSPS) is 8.83. The molecule has 0 amide bonds. The minimum atomic E-state index is -0.983. The molecule has 0 aliphatic rings. The number of nitrogens with two attached hydrogens (primary N) is 1. The summed E-state index contributed by atoms with van der Waals surface area (Å²) in [7, 11) is 1.35. The first-order valence-corrected chi connectivity index (χ1v) is 5.17. The lowest BCUT2D eigenvalue weighted by Crippen LogP contribution is -2.09. The molecule has 1 aromatic carbocycles. The van der Waals surface area contributed by atoms with Crippen LogP contribution in [0.25, 0.3) is 0 Å². The molecule has 0 aliphatic heterocycles. The largest absolute Gasteiger partial charge is 0.482 e. The maximum Gasteiger partial charge on any atom is 0.341 e. The summed E-state index contributed by atoms with van der Waals surface area (Å²) in [4.78, 5) is 19.7. The van der Waals surface area contributed by atoms with Gasteiger partial charge in [-0.05, 0) is 17.7 Å². The maximum atomic E-state index is 10.2. The van der Waals surface area contributed by atoms with E-state index in [4.69, 9.17) is 15.6 Å². The number of carbonyl (C=O) groups excluding carboxylic acids is 1. The van der Waals surface area contributed by atoms with Gasteiger partial charge in [0.1, 0.15) is 5.75 Å². The standard InChI is InChI=1S/C9H11NO3.C3H6O2/c10-5-7-1-3-8(4-2-7)13-6-9(11)12;1-3(4)5-2/h1-4H,5-6,10H2,(H,11,12);1-2H3. The summed E-state index contributed by atoms with van der Waals surface area (Å²) in [5, 5.41) is 8.33. The predicted molar refractivity (Wildman–Crippen MR) is 65.2 cm³/mol. The Hall–Kier alpha value is -2.08. The topological polar surface area (TPSA) is 98.9 Å². The number of carboxylic acids is 1. The summed E-state index contributed by atoms with van der Waals surface area (Å²) < 4.78 is 9.04. The molecule has 0 atom stereocenters.